The molecule has 4 aromatic rings. The normalized spacial score (nSPS) is 14.8. The molecule has 3 N–H and O–H groups in total. The number of aromatic nitrogens is 2. The van der Waals surface area contributed by atoms with Crippen molar-refractivity contribution >= 4 is 17.5 Å². The number of carbonyl (C=O) groups is 1. The van der Waals surface area contributed by atoms with Crippen molar-refractivity contribution in [2.24, 2.45) is 0 Å². The number of hydrogen-bond acceptors (Lipinski definition) is 5. The minimum atomic E-state index is -0.540. The van der Waals surface area contributed by atoms with Gasteiger partial charge in [-0.2, -0.15) is 5.10 Å². The van der Waals surface area contributed by atoms with Crippen molar-refractivity contribution in [1.29, 1.82) is 0 Å². The molecule has 3 aromatic carbocycles. The highest BCUT2D eigenvalue weighted by Gasteiger charge is 2.42. The maximum Gasteiger partial charge on any atom is 0.273 e. The van der Waals surface area contributed by atoms with E-state index in [2.05, 4.69) is 10.2 Å². The fourth-order valence-electron chi connectivity index (χ4n) is 4.63. The summed E-state index contributed by atoms with van der Waals surface area (Å²) in [6.45, 7) is 6.40. The quantitative estimate of drug-likeness (QED) is 0.304. The average Bonchev–Trinajstić information content (AvgIpc) is 3.38. The van der Waals surface area contributed by atoms with E-state index in [1.807, 2.05) is 45.0 Å². The third kappa shape index (κ3) is 4.05. The number of rotatable bonds is 6. The van der Waals surface area contributed by atoms with Crippen LogP contribution in [0.15, 0.2) is 54.6 Å². The van der Waals surface area contributed by atoms with Gasteiger partial charge < -0.3 is 19.8 Å². The Labute approximate surface area is 213 Å². The molecular formula is C28H26ClN3O4. The lowest BCUT2D eigenvalue weighted by atomic mass is 9.94. The Balaban J connectivity index is 1.68. The van der Waals surface area contributed by atoms with Gasteiger partial charge in [0, 0.05) is 22.7 Å². The second-order valence-corrected chi connectivity index (χ2v) is 9.37. The number of aromatic amines is 1. The van der Waals surface area contributed by atoms with E-state index in [1.165, 1.54) is 0 Å². The van der Waals surface area contributed by atoms with Gasteiger partial charge in [0.15, 0.2) is 11.5 Å². The van der Waals surface area contributed by atoms with Crippen LogP contribution in [0.2, 0.25) is 5.02 Å². The zero-order valence-electron chi connectivity index (χ0n) is 20.2. The Morgan fingerprint density at radius 1 is 1.06 bits per heavy atom. The van der Waals surface area contributed by atoms with Crippen molar-refractivity contribution in [2.45, 2.75) is 33.4 Å². The van der Waals surface area contributed by atoms with E-state index in [4.69, 9.17) is 16.3 Å². The molecule has 184 valence electrons. The van der Waals surface area contributed by atoms with E-state index in [0.29, 0.717) is 46.4 Å². The molecule has 0 aliphatic carbocycles. The minimum absolute atomic E-state index is 0.0191. The summed E-state index contributed by atoms with van der Waals surface area (Å²) >= 11 is 6.39. The first-order chi connectivity index (χ1) is 17.3. The molecule has 1 atom stereocenters. The van der Waals surface area contributed by atoms with Crippen molar-refractivity contribution in [1.82, 2.24) is 15.1 Å². The van der Waals surface area contributed by atoms with Gasteiger partial charge in [-0.1, -0.05) is 47.5 Å². The number of phenolic OH excluding ortho intramolecular Hbond substituents is 2. The number of carbonyl (C=O) groups excluding carboxylic acids is 1. The lowest BCUT2D eigenvalue weighted by Gasteiger charge is -2.27. The Kier molecular flexibility index (Phi) is 6.10. The maximum absolute atomic E-state index is 13.7. The number of benzene rings is 3. The molecule has 0 radical (unpaired) electrons. The van der Waals surface area contributed by atoms with Gasteiger partial charge >= 0.3 is 0 Å². The summed E-state index contributed by atoms with van der Waals surface area (Å²) in [5.41, 5.74) is 5.45. The van der Waals surface area contributed by atoms with Crippen molar-refractivity contribution in [2.75, 3.05) is 6.61 Å². The number of amides is 1. The number of nitrogens with one attached hydrogen (secondary N) is 1. The first-order valence-corrected chi connectivity index (χ1v) is 12.1. The number of halogens is 1. The van der Waals surface area contributed by atoms with Crippen LogP contribution < -0.4 is 4.74 Å². The van der Waals surface area contributed by atoms with Gasteiger partial charge in [-0.3, -0.25) is 9.89 Å². The van der Waals surface area contributed by atoms with Gasteiger partial charge in [-0.25, -0.2) is 0 Å². The maximum atomic E-state index is 13.7. The van der Waals surface area contributed by atoms with Gasteiger partial charge in [-0.15, -0.1) is 0 Å². The number of fused-ring (bicyclic) bond motifs is 1. The minimum Gasteiger partial charge on any atom is -0.507 e. The Hall–Kier alpha value is -3.97. The smallest absolute Gasteiger partial charge is 0.273 e. The lowest BCUT2D eigenvalue weighted by Crippen LogP contribution is -2.29. The van der Waals surface area contributed by atoms with Crippen LogP contribution in [0.4, 0.5) is 0 Å². The second kappa shape index (κ2) is 9.24. The number of hydrogen-bond donors (Lipinski definition) is 3. The number of aromatic hydroxyl groups is 2. The largest absolute Gasteiger partial charge is 0.507 e. The highest BCUT2D eigenvalue weighted by Crippen LogP contribution is 2.47. The van der Waals surface area contributed by atoms with Crippen LogP contribution in [0, 0.1) is 13.8 Å². The van der Waals surface area contributed by atoms with Crippen LogP contribution in [-0.4, -0.2) is 37.8 Å². The summed E-state index contributed by atoms with van der Waals surface area (Å²) in [7, 11) is 0. The zero-order chi connectivity index (χ0) is 25.6. The summed E-state index contributed by atoms with van der Waals surface area (Å²) < 4.78 is 5.63. The summed E-state index contributed by atoms with van der Waals surface area (Å²) in [5.74, 6) is 0.163. The van der Waals surface area contributed by atoms with Crippen molar-refractivity contribution in [3.63, 3.8) is 0 Å². The molecule has 0 unspecified atom stereocenters. The number of phenols is 2. The monoisotopic (exact) mass is 503 g/mol. The average molecular weight is 504 g/mol. The molecule has 7 nitrogen and oxygen atoms in total. The molecule has 1 amide bonds. The van der Waals surface area contributed by atoms with Gasteiger partial charge in [0.1, 0.15) is 17.1 Å². The molecule has 0 bridgehead atoms. The first kappa shape index (κ1) is 23.8. The van der Waals surface area contributed by atoms with Crippen LogP contribution >= 0.6 is 11.6 Å². The molecule has 0 saturated carbocycles. The molecule has 1 aromatic heterocycles. The van der Waals surface area contributed by atoms with Crippen molar-refractivity contribution in [3.05, 3.63) is 93.1 Å². The van der Waals surface area contributed by atoms with E-state index in [-0.39, 0.29) is 17.4 Å². The van der Waals surface area contributed by atoms with Crippen molar-refractivity contribution < 1.29 is 19.7 Å². The predicted molar refractivity (Wildman–Crippen MR) is 138 cm³/mol. The number of nitrogens with zero attached hydrogens (tertiary/aromatic N) is 2. The molecule has 0 saturated heterocycles. The summed E-state index contributed by atoms with van der Waals surface area (Å²) in [5, 5.41) is 28.9. The Bertz CT molecular complexity index is 1460. The second-order valence-electron chi connectivity index (χ2n) is 8.96. The molecule has 8 heteroatoms. The Morgan fingerprint density at radius 3 is 2.53 bits per heavy atom. The van der Waals surface area contributed by atoms with Crippen LogP contribution in [0.25, 0.3) is 11.3 Å². The fourth-order valence-corrected chi connectivity index (χ4v) is 4.79. The Morgan fingerprint density at radius 2 is 1.81 bits per heavy atom. The summed E-state index contributed by atoms with van der Waals surface area (Å²) in [4.78, 5) is 15.4. The highest BCUT2D eigenvalue weighted by molar-refractivity contribution is 6.31. The number of aryl methyl sites for hydroxylation is 2. The molecule has 5 rings (SSSR count). The van der Waals surface area contributed by atoms with E-state index in [0.717, 1.165) is 22.3 Å². The standard InChI is InChI=1S/C28H26ClN3O4/c1-4-36-23-12-18(9-10-21(23)33)27-24-25(19-13-20(29)16(3)11-22(19)34)30-31-26(24)28(35)32(27)14-17-7-5-15(2)6-8-17/h5-13,27,33-34H,4,14H2,1-3H3,(H,30,31)/t27-/m0/s1. The highest BCUT2D eigenvalue weighted by atomic mass is 35.5. The third-order valence-electron chi connectivity index (χ3n) is 6.47. The van der Waals surface area contributed by atoms with E-state index >= 15 is 0 Å². The molecule has 36 heavy (non-hydrogen) atoms. The summed E-state index contributed by atoms with van der Waals surface area (Å²) in [6, 6.07) is 15.8. The van der Waals surface area contributed by atoms with E-state index in [9.17, 15) is 15.0 Å². The topological polar surface area (TPSA) is 98.7 Å². The van der Waals surface area contributed by atoms with E-state index in [1.54, 1.807) is 35.2 Å². The number of ether oxygens (including phenoxy) is 1. The van der Waals surface area contributed by atoms with Crippen LogP contribution in [0.1, 0.15) is 51.3 Å². The molecular weight excluding hydrogens is 478 g/mol. The molecule has 1 aliphatic rings. The van der Waals surface area contributed by atoms with Gasteiger partial charge in [0.2, 0.25) is 0 Å². The number of H-pyrrole nitrogens is 1. The van der Waals surface area contributed by atoms with Gasteiger partial charge in [-0.05, 0) is 61.7 Å². The lowest BCUT2D eigenvalue weighted by molar-refractivity contribution is 0.0730. The van der Waals surface area contributed by atoms with E-state index < -0.39 is 6.04 Å². The van der Waals surface area contributed by atoms with Crippen molar-refractivity contribution in [3.8, 4) is 28.5 Å². The van der Waals surface area contributed by atoms with Gasteiger partial charge in [0.05, 0.1) is 12.6 Å². The fraction of sp³-hybridized carbons (Fsp3) is 0.214. The van der Waals surface area contributed by atoms with Crippen LogP contribution in [0.3, 0.4) is 0 Å². The molecule has 0 fully saturated rings. The first-order valence-electron chi connectivity index (χ1n) is 11.7. The zero-order valence-corrected chi connectivity index (χ0v) is 20.9. The predicted octanol–water partition coefficient (Wildman–Crippen LogP) is 5.90. The molecule has 0 spiro atoms. The molecule has 1 aliphatic heterocycles. The van der Waals surface area contributed by atoms with Gasteiger partial charge in [0.25, 0.3) is 5.91 Å². The SMILES string of the molecule is CCOc1cc([C@H]2c3c(-c4cc(Cl)c(C)cc4O)n[nH]c3C(=O)N2Cc2ccc(C)cc2)ccc1O. The van der Waals surface area contributed by atoms with Crippen LogP contribution in [-0.2, 0) is 6.54 Å². The van der Waals surface area contributed by atoms with Crippen LogP contribution in [0.5, 0.6) is 17.2 Å². The summed E-state index contributed by atoms with van der Waals surface area (Å²) in [6.07, 6.45) is 0. The molecule has 2 heterocycles. The third-order valence-corrected chi connectivity index (χ3v) is 6.88.